The first-order chi connectivity index (χ1) is 12.2. The molecule has 0 saturated carbocycles. The maximum atomic E-state index is 5.74. The minimum atomic E-state index is 0.663. The van der Waals surface area contributed by atoms with Crippen molar-refractivity contribution in [1.29, 1.82) is 0 Å². The summed E-state index contributed by atoms with van der Waals surface area (Å²) >= 11 is 5.74. The van der Waals surface area contributed by atoms with E-state index in [-0.39, 0.29) is 0 Å². The van der Waals surface area contributed by atoms with Crippen LogP contribution >= 0.6 is 12.2 Å². The van der Waals surface area contributed by atoms with Crippen molar-refractivity contribution in [2.24, 2.45) is 0 Å². The highest BCUT2D eigenvalue weighted by Gasteiger charge is 2.14. The molecule has 0 atom stereocenters. The van der Waals surface area contributed by atoms with E-state index in [1.54, 1.807) is 4.68 Å². The molecule has 0 aliphatic carbocycles. The summed E-state index contributed by atoms with van der Waals surface area (Å²) < 4.78 is 1.74. The van der Waals surface area contributed by atoms with Crippen molar-refractivity contribution < 1.29 is 0 Å². The fourth-order valence-electron chi connectivity index (χ4n) is 2.73. The zero-order valence-electron chi connectivity index (χ0n) is 14.6. The summed E-state index contributed by atoms with van der Waals surface area (Å²) in [7, 11) is 0. The van der Waals surface area contributed by atoms with E-state index in [4.69, 9.17) is 12.2 Å². The number of hydrogen-bond donors (Lipinski definition) is 1. The van der Waals surface area contributed by atoms with E-state index in [2.05, 4.69) is 34.7 Å². The van der Waals surface area contributed by atoms with Crippen LogP contribution < -0.4 is 5.32 Å². The Morgan fingerprint density at radius 3 is 2.56 bits per heavy atom. The van der Waals surface area contributed by atoms with E-state index >= 15 is 0 Å². The first kappa shape index (κ1) is 17.3. The molecule has 0 saturated heterocycles. The zero-order valence-corrected chi connectivity index (χ0v) is 15.4. The third-order valence-corrected chi connectivity index (χ3v) is 4.61. The lowest BCUT2D eigenvalue weighted by Crippen LogP contribution is -2.21. The molecule has 128 valence electrons. The van der Waals surface area contributed by atoms with Crippen molar-refractivity contribution >= 4 is 33.9 Å². The molecule has 3 aromatic rings. The fraction of sp³-hybridized carbons (Fsp3) is 0.250. The second-order valence-electron chi connectivity index (χ2n) is 5.94. The van der Waals surface area contributed by atoms with Crippen LogP contribution in [0.25, 0.3) is 16.7 Å². The molecule has 0 fully saturated rings. The summed E-state index contributed by atoms with van der Waals surface area (Å²) in [4.78, 5) is 0.663. The van der Waals surface area contributed by atoms with E-state index in [1.807, 2.05) is 49.4 Å². The maximum absolute atomic E-state index is 5.74. The number of rotatable bonds is 6. The number of nitrogens with zero attached hydrogens (tertiary/aromatic N) is 3. The third-order valence-electron chi connectivity index (χ3n) is 4.13. The Bertz CT molecular complexity index is 896. The third kappa shape index (κ3) is 3.77. The molecule has 1 heterocycles. The van der Waals surface area contributed by atoms with E-state index < -0.39 is 0 Å². The highest BCUT2D eigenvalue weighted by Crippen LogP contribution is 2.20. The maximum Gasteiger partial charge on any atom is 0.135 e. The van der Waals surface area contributed by atoms with Gasteiger partial charge in [0, 0.05) is 17.8 Å². The molecule has 3 rings (SSSR count). The van der Waals surface area contributed by atoms with Gasteiger partial charge in [0.05, 0.1) is 5.52 Å². The molecule has 0 bridgehead atoms. The van der Waals surface area contributed by atoms with E-state index in [1.165, 1.54) is 0 Å². The van der Waals surface area contributed by atoms with Crippen LogP contribution in [0.3, 0.4) is 0 Å². The molecule has 5 heteroatoms. The van der Waals surface area contributed by atoms with E-state index in [9.17, 15) is 0 Å². The Kier molecular flexibility index (Phi) is 5.56. The molecular formula is C20H22N4S. The molecule has 0 aliphatic rings. The highest BCUT2D eigenvalue weighted by molar-refractivity contribution is 7.80. The largest absolute Gasteiger partial charge is 0.384 e. The number of aromatic nitrogens is 3. The van der Waals surface area contributed by atoms with Crippen molar-refractivity contribution in [2.45, 2.75) is 26.7 Å². The average Bonchev–Trinajstić information content (AvgIpc) is 3.09. The predicted molar refractivity (Wildman–Crippen MR) is 107 cm³/mol. The number of benzene rings is 2. The second kappa shape index (κ2) is 8.03. The highest BCUT2D eigenvalue weighted by atomic mass is 32.1. The fourth-order valence-corrected chi connectivity index (χ4v) is 2.97. The molecule has 0 radical (unpaired) electrons. The molecule has 0 spiro atoms. The van der Waals surface area contributed by atoms with Gasteiger partial charge >= 0.3 is 0 Å². The number of allylic oxidation sites excluding steroid dienone is 1. The summed E-state index contributed by atoms with van der Waals surface area (Å²) in [6, 6.07) is 18.2. The Labute approximate surface area is 153 Å². The lowest BCUT2D eigenvalue weighted by Gasteiger charge is -2.16. The van der Waals surface area contributed by atoms with Crippen LogP contribution in [0.5, 0.6) is 0 Å². The van der Waals surface area contributed by atoms with Gasteiger partial charge in [0.1, 0.15) is 10.5 Å². The average molecular weight is 350 g/mol. The van der Waals surface area contributed by atoms with Crippen LogP contribution in [0.2, 0.25) is 0 Å². The van der Waals surface area contributed by atoms with Gasteiger partial charge in [0.2, 0.25) is 0 Å². The minimum absolute atomic E-state index is 0.663. The van der Waals surface area contributed by atoms with Crippen LogP contribution in [0.15, 0.2) is 60.2 Å². The standard InChI is InChI=1S/C20H22N4S/c1-3-4-14-21-19(16-10-6-5-7-11-16)15(2)20(25)24-18-13-9-8-12-17(18)22-23-24/h5-13,21H,3-4,14H2,1-2H3/b19-15-. The molecule has 4 nitrogen and oxygen atoms in total. The summed E-state index contributed by atoms with van der Waals surface area (Å²) in [5.74, 6) is 0. The topological polar surface area (TPSA) is 42.7 Å². The number of thiocarbonyl (C=S) groups is 1. The van der Waals surface area contributed by atoms with Gasteiger partial charge < -0.3 is 5.32 Å². The Morgan fingerprint density at radius 2 is 1.80 bits per heavy atom. The van der Waals surface area contributed by atoms with Crippen molar-refractivity contribution in [1.82, 2.24) is 20.3 Å². The van der Waals surface area contributed by atoms with Crippen molar-refractivity contribution in [3.63, 3.8) is 0 Å². The minimum Gasteiger partial charge on any atom is -0.384 e. The monoisotopic (exact) mass is 350 g/mol. The molecule has 0 unspecified atom stereocenters. The Balaban J connectivity index is 2.01. The second-order valence-corrected chi connectivity index (χ2v) is 6.33. The summed E-state index contributed by atoms with van der Waals surface area (Å²) in [6.07, 6.45) is 2.26. The molecule has 1 N–H and O–H groups in total. The zero-order chi connectivity index (χ0) is 17.6. The molecule has 0 aliphatic heterocycles. The number of hydrogen-bond acceptors (Lipinski definition) is 4. The molecule has 1 aromatic heterocycles. The first-order valence-electron chi connectivity index (χ1n) is 8.57. The first-order valence-corrected chi connectivity index (χ1v) is 8.98. The molecule has 25 heavy (non-hydrogen) atoms. The Morgan fingerprint density at radius 1 is 1.08 bits per heavy atom. The van der Waals surface area contributed by atoms with Crippen molar-refractivity contribution in [3.8, 4) is 0 Å². The number of fused-ring (bicyclic) bond motifs is 1. The quantitative estimate of drug-likeness (QED) is 0.406. The van der Waals surface area contributed by atoms with Crippen LogP contribution in [0.1, 0.15) is 32.3 Å². The normalized spacial score (nSPS) is 12.1. The van der Waals surface area contributed by atoms with Crippen LogP contribution in [-0.2, 0) is 0 Å². The summed E-state index contributed by atoms with van der Waals surface area (Å²) in [5.41, 5.74) is 4.94. The smallest absolute Gasteiger partial charge is 0.135 e. The van der Waals surface area contributed by atoms with Crippen LogP contribution in [0.4, 0.5) is 0 Å². The van der Waals surface area contributed by atoms with Gasteiger partial charge in [0.15, 0.2) is 0 Å². The van der Waals surface area contributed by atoms with Crippen LogP contribution in [-0.4, -0.2) is 26.5 Å². The molecule has 0 amide bonds. The van der Waals surface area contributed by atoms with E-state index in [0.717, 1.165) is 47.3 Å². The van der Waals surface area contributed by atoms with E-state index in [0.29, 0.717) is 4.99 Å². The van der Waals surface area contributed by atoms with Gasteiger partial charge in [-0.05, 0) is 31.0 Å². The van der Waals surface area contributed by atoms with Crippen molar-refractivity contribution in [2.75, 3.05) is 6.54 Å². The SMILES string of the molecule is CCCCN/C(=C(/C)C(=S)n1nnc2ccccc21)c1ccccc1. The number of nitrogens with one attached hydrogen (secondary N) is 1. The van der Waals surface area contributed by atoms with Crippen LogP contribution in [0, 0.1) is 0 Å². The van der Waals surface area contributed by atoms with Gasteiger partial charge in [0.25, 0.3) is 0 Å². The summed E-state index contributed by atoms with van der Waals surface area (Å²) in [6.45, 7) is 5.14. The summed E-state index contributed by atoms with van der Waals surface area (Å²) in [5, 5.41) is 12.0. The number of para-hydroxylation sites is 1. The lowest BCUT2D eigenvalue weighted by molar-refractivity contribution is 0.743. The molecule has 2 aromatic carbocycles. The van der Waals surface area contributed by atoms with Gasteiger partial charge in [-0.1, -0.05) is 73.2 Å². The lowest BCUT2D eigenvalue weighted by atomic mass is 10.1. The Hall–Kier alpha value is -2.53. The molecular weight excluding hydrogens is 328 g/mol. The van der Waals surface area contributed by atoms with Gasteiger partial charge in [-0.3, -0.25) is 0 Å². The number of unbranched alkanes of at least 4 members (excludes halogenated alkanes) is 1. The van der Waals surface area contributed by atoms with Gasteiger partial charge in [-0.15, -0.1) is 5.10 Å². The van der Waals surface area contributed by atoms with Crippen molar-refractivity contribution in [3.05, 3.63) is 65.7 Å². The van der Waals surface area contributed by atoms with Gasteiger partial charge in [-0.25, -0.2) is 4.68 Å². The van der Waals surface area contributed by atoms with Gasteiger partial charge in [-0.2, -0.15) is 0 Å². The predicted octanol–water partition coefficient (Wildman–Crippen LogP) is 4.43.